The minimum absolute atomic E-state index is 0.345. The van der Waals surface area contributed by atoms with E-state index in [4.69, 9.17) is 22.1 Å². The van der Waals surface area contributed by atoms with Crippen molar-refractivity contribution in [2.75, 3.05) is 6.61 Å². The molecule has 0 bridgehead atoms. The van der Waals surface area contributed by atoms with E-state index in [-0.39, 0.29) is 11.4 Å². The topological polar surface area (TPSA) is 35.2 Å². The third-order valence-electron chi connectivity index (χ3n) is 1.75. The Morgan fingerprint density at radius 1 is 1.47 bits per heavy atom. The fourth-order valence-electron chi connectivity index (χ4n) is 1.06. The summed E-state index contributed by atoms with van der Waals surface area (Å²) in [5.74, 6) is -0.345. The number of hydrogen-bond acceptors (Lipinski definition) is 2. The highest BCUT2D eigenvalue weighted by Crippen LogP contribution is 2.18. The summed E-state index contributed by atoms with van der Waals surface area (Å²) in [6.45, 7) is 4.53. The van der Waals surface area contributed by atoms with Gasteiger partial charge in [-0.2, -0.15) is 0 Å². The Balaban J connectivity index is 2.51. The average Bonchev–Trinajstić information content (AvgIpc) is 2.07. The normalized spacial score (nSPS) is 11.8. The molecule has 0 aliphatic heterocycles. The molecular formula is C11H15ClFNO. The van der Waals surface area contributed by atoms with Crippen molar-refractivity contribution >= 4 is 11.6 Å². The lowest BCUT2D eigenvalue weighted by molar-refractivity contribution is 0.0851. The Bertz CT molecular complexity index is 336. The zero-order valence-corrected chi connectivity index (χ0v) is 9.64. The Hall–Kier alpha value is -0.640. The van der Waals surface area contributed by atoms with Crippen LogP contribution in [-0.2, 0) is 11.3 Å². The Kier molecular flexibility index (Phi) is 4.08. The van der Waals surface area contributed by atoms with Crippen LogP contribution in [0.4, 0.5) is 4.39 Å². The number of benzene rings is 1. The van der Waals surface area contributed by atoms with Gasteiger partial charge in [0.2, 0.25) is 0 Å². The minimum atomic E-state index is -0.369. The SMILES string of the molecule is CC(C)(N)COCc1ccc(F)cc1Cl. The van der Waals surface area contributed by atoms with Crippen molar-refractivity contribution in [1.82, 2.24) is 0 Å². The maximum atomic E-state index is 12.7. The molecule has 0 heterocycles. The molecule has 84 valence electrons. The monoisotopic (exact) mass is 231 g/mol. The molecule has 0 aromatic heterocycles. The van der Waals surface area contributed by atoms with Gasteiger partial charge in [-0.1, -0.05) is 17.7 Å². The van der Waals surface area contributed by atoms with E-state index in [1.807, 2.05) is 13.8 Å². The second-order valence-electron chi connectivity index (χ2n) is 4.22. The van der Waals surface area contributed by atoms with E-state index in [0.717, 1.165) is 5.56 Å². The van der Waals surface area contributed by atoms with Crippen molar-refractivity contribution in [2.24, 2.45) is 5.73 Å². The predicted octanol–water partition coefficient (Wildman–Crippen LogP) is 2.73. The molecule has 1 aromatic rings. The van der Waals surface area contributed by atoms with Crippen LogP contribution in [0.2, 0.25) is 5.02 Å². The summed E-state index contributed by atoms with van der Waals surface area (Å²) in [5.41, 5.74) is 6.14. The van der Waals surface area contributed by atoms with Gasteiger partial charge in [-0.05, 0) is 31.5 Å². The third kappa shape index (κ3) is 4.60. The standard InChI is InChI=1S/C11H15ClFNO/c1-11(2,14)7-15-6-8-3-4-9(13)5-10(8)12/h3-5H,6-7,14H2,1-2H3. The Labute approximate surface area is 94.2 Å². The van der Waals surface area contributed by atoms with E-state index in [0.29, 0.717) is 18.2 Å². The summed E-state index contributed by atoms with van der Waals surface area (Å²) in [5, 5.41) is 0.379. The molecule has 0 aliphatic rings. The van der Waals surface area contributed by atoms with Crippen LogP contribution in [0.3, 0.4) is 0 Å². The maximum Gasteiger partial charge on any atom is 0.124 e. The van der Waals surface area contributed by atoms with Crippen LogP contribution >= 0.6 is 11.6 Å². The van der Waals surface area contributed by atoms with Crippen LogP contribution in [0.15, 0.2) is 18.2 Å². The molecule has 2 nitrogen and oxygen atoms in total. The Morgan fingerprint density at radius 3 is 2.67 bits per heavy atom. The summed E-state index contributed by atoms with van der Waals surface area (Å²) < 4.78 is 18.1. The molecule has 0 saturated heterocycles. The van der Waals surface area contributed by atoms with Gasteiger partial charge in [-0.25, -0.2) is 4.39 Å². The fraction of sp³-hybridized carbons (Fsp3) is 0.455. The van der Waals surface area contributed by atoms with Gasteiger partial charge in [0.25, 0.3) is 0 Å². The van der Waals surface area contributed by atoms with Gasteiger partial charge in [-0.3, -0.25) is 0 Å². The molecule has 4 heteroatoms. The van der Waals surface area contributed by atoms with Gasteiger partial charge in [-0.15, -0.1) is 0 Å². The smallest absolute Gasteiger partial charge is 0.124 e. The van der Waals surface area contributed by atoms with Crippen LogP contribution in [0.1, 0.15) is 19.4 Å². The molecule has 1 rings (SSSR count). The summed E-state index contributed by atoms with van der Waals surface area (Å²) in [4.78, 5) is 0. The van der Waals surface area contributed by atoms with Gasteiger partial charge >= 0.3 is 0 Å². The van der Waals surface area contributed by atoms with E-state index >= 15 is 0 Å². The molecule has 0 radical (unpaired) electrons. The number of hydrogen-bond donors (Lipinski definition) is 1. The molecule has 0 aliphatic carbocycles. The summed E-state index contributed by atoms with van der Waals surface area (Å²) in [7, 11) is 0. The molecule has 0 spiro atoms. The van der Waals surface area contributed by atoms with Crippen molar-refractivity contribution < 1.29 is 9.13 Å². The van der Waals surface area contributed by atoms with Crippen molar-refractivity contribution in [3.05, 3.63) is 34.6 Å². The van der Waals surface area contributed by atoms with Crippen LogP contribution in [0.5, 0.6) is 0 Å². The van der Waals surface area contributed by atoms with Gasteiger partial charge in [0, 0.05) is 10.6 Å². The summed E-state index contributed by atoms with van der Waals surface area (Å²) in [6, 6.07) is 4.24. The predicted molar refractivity (Wildman–Crippen MR) is 59.3 cm³/mol. The molecule has 0 amide bonds. The molecule has 15 heavy (non-hydrogen) atoms. The van der Waals surface area contributed by atoms with Gasteiger partial charge < -0.3 is 10.5 Å². The lowest BCUT2D eigenvalue weighted by Gasteiger charge is -2.18. The largest absolute Gasteiger partial charge is 0.375 e. The number of ether oxygens (including phenoxy) is 1. The quantitative estimate of drug-likeness (QED) is 0.865. The lowest BCUT2D eigenvalue weighted by atomic mass is 10.1. The van der Waals surface area contributed by atoms with Crippen LogP contribution < -0.4 is 5.73 Å². The summed E-state index contributed by atoms with van der Waals surface area (Å²) >= 11 is 5.83. The first-order valence-corrected chi connectivity index (χ1v) is 5.07. The molecule has 0 saturated carbocycles. The first-order valence-electron chi connectivity index (χ1n) is 4.69. The first kappa shape index (κ1) is 12.4. The highest BCUT2D eigenvalue weighted by Gasteiger charge is 2.11. The zero-order valence-electron chi connectivity index (χ0n) is 8.89. The van der Waals surface area contributed by atoms with E-state index < -0.39 is 0 Å². The third-order valence-corrected chi connectivity index (χ3v) is 2.10. The minimum Gasteiger partial charge on any atom is -0.375 e. The van der Waals surface area contributed by atoms with Crippen molar-refractivity contribution in [3.63, 3.8) is 0 Å². The molecule has 0 unspecified atom stereocenters. The van der Waals surface area contributed by atoms with Crippen LogP contribution in [0, 0.1) is 5.82 Å². The highest BCUT2D eigenvalue weighted by atomic mass is 35.5. The molecular weight excluding hydrogens is 217 g/mol. The van der Waals surface area contributed by atoms with E-state index in [1.165, 1.54) is 12.1 Å². The zero-order chi connectivity index (χ0) is 11.5. The highest BCUT2D eigenvalue weighted by molar-refractivity contribution is 6.31. The fourth-order valence-corrected chi connectivity index (χ4v) is 1.28. The number of nitrogens with two attached hydrogens (primary N) is 1. The first-order chi connectivity index (χ1) is 6.88. The number of rotatable bonds is 4. The molecule has 1 aromatic carbocycles. The van der Waals surface area contributed by atoms with Crippen LogP contribution in [-0.4, -0.2) is 12.1 Å². The van der Waals surface area contributed by atoms with Gasteiger partial charge in [0.1, 0.15) is 5.82 Å². The van der Waals surface area contributed by atoms with Crippen molar-refractivity contribution in [1.29, 1.82) is 0 Å². The van der Waals surface area contributed by atoms with Crippen LogP contribution in [0.25, 0.3) is 0 Å². The van der Waals surface area contributed by atoms with Crippen molar-refractivity contribution in [2.45, 2.75) is 26.0 Å². The lowest BCUT2D eigenvalue weighted by Crippen LogP contribution is -2.37. The molecule has 0 atom stereocenters. The maximum absolute atomic E-state index is 12.7. The van der Waals surface area contributed by atoms with E-state index in [9.17, 15) is 4.39 Å². The molecule has 2 N–H and O–H groups in total. The summed E-state index contributed by atoms with van der Waals surface area (Å²) in [6.07, 6.45) is 0. The second-order valence-corrected chi connectivity index (χ2v) is 4.62. The van der Waals surface area contributed by atoms with E-state index in [1.54, 1.807) is 6.07 Å². The van der Waals surface area contributed by atoms with E-state index in [2.05, 4.69) is 0 Å². The second kappa shape index (κ2) is 4.92. The van der Waals surface area contributed by atoms with Gasteiger partial charge in [0.05, 0.1) is 13.2 Å². The van der Waals surface area contributed by atoms with Gasteiger partial charge in [0.15, 0.2) is 0 Å². The van der Waals surface area contributed by atoms with Crippen molar-refractivity contribution in [3.8, 4) is 0 Å². The molecule has 0 fully saturated rings. The number of halogens is 2. The average molecular weight is 232 g/mol. The Morgan fingerprint density at radius 2 is 2.13 bits per heavy atom.